The molecule has 1 aromatic rings. The summed E-state index contributed by atoms with van der Waals surface area (Å²) in [6, 6.07) is 6.46. The first kappa shape index (κ1) is 15.1. The highest BCUT2D eigenvalue weighted by Crippen LogP contribution is 2.10. The molecule has 18 heavy (non-hydrogen) atoms. The maximum absolute atomic E-state index is 11.8. The molecule has 0 saturated carbocycles. The smallest absolute Gasteiger partial charge is 0.301 e. The molecule has 0 unspecified atom stereocenters. The molecule has 0 saturated heterocycles. The van der Waals surface area contributed by atoms with Crippen molar-refractivity contribution in [3.63, 3.8) is 0 Å². The number of carbonyl (C=O) groups is 2. The molecule has 0 radical (unpaired) electrons. The number of nitrogens with one attached hydrogen (secondary N) is 1. The van der Waals surface area contributed by atoms with Crippen molar-refractivity contribution in [2.75, 3.05) is 12.5 Å². The van der Waals surface area contributed by atoms with Crippen LogP contribution in [0.15, 0.2) is 29.3 Å². The zero-order chi connectivity index (χ0) is 13.5. The van der Waals surface area contributed by atoms with Crippen LogP contribution in [0.3, 0.4) is 0 Å². The normalized spacial score (nSPS) is 11.2. The molecular formula is C11H11ClN2O2S2. The maximum Gasteiger partial charge on any atom is 0.306 e. The first-order valence-electron chi connectivity index (χ1n) is 4.84. The molecule has 1 N–H and O–H groups in total. The molecule has 0 aliphatic carbocycles. The predicted octanol–water partition coefficient (Wildman–Crippen LogP) is 3.27. The van der Waals surface area contributed by atoms with E-state index in [2.05, 4.69) is 10.3 Å². The molecule has 1 rings (SSSR count). The van der Waals surface area contributed by atoms with E-state index in [1.165, 1.54) is 11.8 Å². The van der Waals surface area contributed by atoms with E-state index in [0.717, 1.165) is 11.8 Å². The number of aliphatic imine (C=N–C) groups is 1. The molecule has 2 amide bonds. The van der Waals surface area contributed by atoms with Crippen LogP contribution in [0.4, 0.5) is 4.79 Å². The third kappa shape index (κ3) is 4.72. The summed E-state index contributed by atoms with van der Waals surface area (Å²) < 4.78 is 0. The van der Waals surface area contributed by atoms with Crippen LogP contribution < -0.4 is 5.32 Å². The molecule has 7 heteroatoms. The monoisotopic (exact) mass is 302 g/mol. The van der Waals surface area contributed by atoms with Crippen LogP contribution in [0.2, 0.25) is 5.02 Å². The lowest BCUT2D eigenvalue weighted by Gasteiger charge is -2.05. The van der Waals surface area contributed by atoms with Gasteiger partial charge < -0.3 is 5.32 Å². The first-order chi connectivity index (χ1) is 8.56. The van der Waals surface area contributed by atoms with Gasteiger partial charge in [-0.15, -0.1) is 0 Å². The number of hydrogen-bond donors (Lipinski definition) is 1. The second kappa shape index (κ2) is 7.45. The Hall–Kier alpha value is -0.980. The van der Waals surface area contributed by atoms with Gasteiger partial charge in [0.15, 0.2) is 5.17 Å². The Balaban J connectivity index is 2.76. The zero-order valence-electron chi connectivity index (χ0n) is 9.77. The van der Waals surface area contributed by atoms with Gasteiger partial charge in [-0.2, -0.15) is 4.99 Å². The topological polar surface area (TPSA) is 58.5 Å². The van der Waals surface area contributed by atoms with Gasteiger partial charge in [-0.3, -0.25) is 9.59 Å². The average molecular weight is 303 g/mol. The fourth-order valence-electron chi connectivity index (χ4n) is 1.02. The van der Waals surface area contributed by atoms with Gasteiger partial charge in [0.25, 0.3) is 5.91 Å². The standard InChI is InChI=1S/C11H11ClN2O2S2/c1-17-10(14-11(16)18-2)13-9(15)7-3-5-8(12)6-4-7/h3-6H,1-2H3,(H,13,14,15,16). The van der Waals surface area contributed by atoms with Gasteiger partial charge >= 0.3 is 5.24 Å². The highest BCUT2D eigenvalue weighted by molar-refractivity contribution is 8.14. The van der Waals surface area contributed by atoms with Gasteiger partial charge in [0.1, 0.15) is 0 Å². The Kier molecular flexibility index (Phi) is 6.24. The largest absolute Gasteiger partial charge is 0.306 e. The number of thioether (sulfide) groups is 2. The summed E-state index contributed by atoms with van der Waals surface area (Å²) in [5.41, 5.74) is 0.456. The van der Waals surface area contributed by atoms with Crippen molar-refractivity contribution >= 4 is 51.4 Å². The van der Waals surface area contributed by atoms with Crippen LogP contribution in [0.25, 0.3) is 0 Å². The van der Waals surface area contributed by atoms with Crippen molar-refractivity contribution in [1.29, 1.82) is 0 Å². The molecular weight excluding hydrogens is 292 g/mol. The Morgan fingerprint density at radius 2 is 1.78 bits per heavy atom. The van der Waals surface area contributed by atoms with E-state index in [4.69, 9.17) is 11.6 Å². The first-order valence-corrected chi connectivity index (χ1v) is 7.67. The summed E-state index contributed by atoms with van der Waals surface area (Å²) in [4.78, 5) is 26.7. The average Bonchev–Trinajstić information content (AvgIpc) is 2.38. The minimum absolute atomic E-state index is 0.272. The number of nitrogens with zero attached hydrogens (tertiary/aromatic N) is 1. The van der Waals surface area contributed by atoms with Crippen molar-refractivity contribution < 1.29 is 9.59 Å². The molecule has 0 fully saturated rings. The van der Waals surface area contributed by atoms with Gasteiger partial charge in [0, 0.05) is 10.6 Å². The van der Waals surface area contributed by atoms with Crippen LogP contribution in [-0.2, 0) is 0 Å². The molecule has 0 aliphatic heterocycles. The van der Waals surface area contributed by atoms with Crippen LogP contribution >= 0.6 is 35.1 Å². The number of amides is 2. The van der Waals surface area contributed by atoms with Crippen LogP contribution in [0.1, 0.15) is 10.4 Å². The second-order valence-electron chi connectivity index (χ2n) is 3.05. The van der Waals surface area contributed by atoms with E-state index in [1.54, 1.807) is 36.8 Å². The third-order valence-electron chi connectivity index (χ3n) is 1.89. The lowest BCUT2D eigenvalue weighted by atomic mass is 10.2. The Labute approximate surface area is 119 Å². The second-order valence-corrected chi connectivity index (χ2v) is 5.04. The summed E-state index contributed by atoms with van der Waals surface area (Å²) in [6.07, 6.45) is 3.36. The van der Waals surface area contributed by atoms with Gasteiger partial charge in [0.05, 0.1) is 0 Å². The van der Waals surface area contributed by atoms with E-state index in [9.17, 15) is 9.59 Å². The predicted molar refractivity (Wildman–Crippen MR) is 78.8 cm³/mol. The molecule has 4 nitrogen and oxygen atoms in total. The SMILES string of the molecule is CSC(=O)/N=C(/NC(=O)c1ccc(Cl)cc1)SC. The van der Waals surface area contributed by atoms with Crippen LogP contribution in [-0.4, -0.2) is 28.8 Å². The van der Waals surface area contributed by atoms with E-state index < -0.39 is 0 Å². The maximum atomic E-state index is 11.8. The zero-order valence-corrected chi connectivity index (χ0v) is 12.2. The molecule has 0 bridgehead atoms. The van der Waals surface area contributed by atoms with Crippen LogP contribution in [0.5, 0.6) is 0 Å². The van der Waals surface area contributed by atoms with E-state index >= 15 is 0 Å². The number of hydrogen-bond acceptors (Lipinski definition) is 4. The Morgan fingerprint density at radius 1 is 1.17 bits per heavy atom. The quantitative estimate of drug-likeness (QED) is 0.639. The van der Waals surface area contributed by atoms with Gasteiger partial charge in [-0.1, -0.05) is 35.1 Å². The van der Waals surface area contributed by atoms with E-state index in [1.807, 2.05) is 0 Å². The Morgan fingerprint density at radius 3 is 2.28 bits per heavy atom. The van der Waals surface area contributed by atoms with Crippen molar-refractivity contribution in [2.24, 2.45) is 4.99 Å². The molecule has 1 aromatic carbocycles. The fourth-order valence-corrected chi connectivity index (χ4v) is 1.76. The molecule has 96 valence electrons. The lowest BCUT2D eigenvalue weighted by molar-refractivity contribution is 0.0978. The molecule has 0 aromatic heterocycles. The third-order valence-corrected chi connectivity index (χ3v) is 3.16. The van der Waals surface area contributed by atoms with Gasteiger partial charge in [0.2, 0.25) is 0 Å². The molecule has 0 atom stereocenters. The molecule has 0 aliphatic rings. The summed E-state index contributed by atoms with van der Waals surface area (Å²) >= 11 is 7.91. The fraction of sp³-hybridized carbons (Fsp3) is 0.182. The Bertz CT molecular complexity index is 474. The highest BCUT2D eigenvalue weighted by atomic mass is 35.5. The molecule has 0 spiro atoms. The minimum atomic E-state index is -0.351. The number of amidine groups is 1. The summed E-state index contributed by atoms with van der Waals surface area (Å²) in [7, 11) is 0. The molecule has 0 heterocycles. The van der Waals surface area contributed by atoms with Crippen LogP contribution in [0, 0.1) is 0 Å². The minimum Gasteiger partial charge on any atom is -0.301 e. The number of rotatable bonds is 1. The van der Waals surface area contributed by atoms with E-state index in [0.29, 0.717) is 10.6 Å². The summed E-state index contributed by atoms with van der Waals surface area (Å²) in [5, 5.41) is 3.04. The van der Waals surface area contributed by atoms with Crippen molar-refractivity contribution in [3.05, 3.63) is 34.9 Å². The van der Waals surface area contributed by atoms with Gasteiger partial charge in [-0.05, 0) is 36.8 Å². The summed E-state index contributed by atoms with van der Waals surface area (Å²) in [5.74, 6) is -0.325. The summed E-state index contributed by atoms with van der Waals surface area (Å²) in [6.45, 7) is 0. The van der Waals surface area contributed by atoms with Gasteiger partial charge in [-0.25, -0.2) is 0 Å². The number of halogens is 1. The highest BCUT2D eigenvalue weighted by Gasteiger charge is 2.09. The van der Waals surface area contributed by atoms with Crippen molar-refractivity contribution in [1.82, 2.24) is 5.32 Å². The number of carbonyl (C=O) groups excluding carboxylic acids is 2. The van der Waals surface area contributed by atoms with Crippen molar-refractivity contribution in [2.45, 2.75) is 0 Å². The van der Waals surface area contributed by atoms with Crippen molar-refractivity contribution in [3.8, 4) is 0 Å². The van der Waals surface area contributed by atoms with E-state index in [-0.39, 0.29) is 16.3 Å². The number of benzene rings is 1. The lowest BCUT2D eigenvalue weighted by Crippen LogP contribution is -2.28.